The quantitative estimate of drug-likeness (QED) is 0.787. The second kappa shape index (κ2) is 5.07. The Bertz CT molecular complexity index is 396. The van der Waals surface area contributed by atoms with Crippen LogP contribution < -0.4 is 10.7 Å². The second-order valence-electron chi connectivity index (χ2n) is 4.06. The molecular formula is C11H18N4O2. The summed E-state index contributed by atoms with van der Waals surface area (Å²) in [6.45, 7) is 3.98. The van der Waals surface area contributed by atoms with Crippen molar-refractivity contribution >= 4 is 11.8 Å². The van der Waals surface area contributed by atoms with Gasteiger partial charge in [0, 0.05) is 13.1 Å². The average molecular weight is 238 g/mol. The van der Waals surface area contributed by atoms with Crippen LogP contribution in [0.4, 0.5) is 5.82 Å². The van der Waals surface area contributed by atoms with E-state index in [0.29, 0.717) is 12.4 Å². The van der Waals surface area contributed by atoms with Crippen LogP contribution in [0.3, 0.4) is 0 Å². The van der Waals surface area contributed by atoms with Crippen LogP contribution in [0.25, 0.3) is 0 Å². The number of nitrogen functional groups attached to an aromatic ring is 1. The van der Waals surface area contributed by atoms with Crippen LogP contribution in [-0.4, -0.2) is 35.3 Å². The van der Waals surface area contributed by atoms with Crippen LogP contribution in [0.15, 0.2) is 6.33 Å². The summed E-state index contributed by atoms with van der Waals surface area (Å²) in [7, 11) is 0. The van der Waals surface area contributed by atoms with Gasteiger partial charge >= 0.3 is 5.97 Å². The van der Waals surface area contributed by atoms with Crippen molar-refractivity contribution in [2.24, 2.45) is 0 Å². The van der Waals surface area contributed by atoms with Crippen molar-refractivity contribution in [3.63, 3.8) is 0 Å². The molecule has 0 spiro atoms. The van der Waals surface area contributed by atoms with Crippen molar-refractivity contribution in [3.05, 3.63) is 12.0 Å². The largest absolute Gasteiger partial charge is 0.461 e. The molecule has 0 aliphatic carbocycles. The van der Waals surface area contributed by atoms with E-state index in [-0.39, 0.29) is 5.69 Å². The monoisotopic (exact) mass is 238 g/mol. The van der Waals surface area contributed by atoms with Gasteiger partial charge in [-0.15, -0.1) is 0 Å². The second-order valence-corrected chi connectivity index (χ2v) is 4.06. The molecule has 1 aromatic heterocycles. The molecule has 0 unspecified atom stereocenters. The number of imidazole rings is 1. The third-order valence-corrected chi connectivity index (χ3v) is 2.89. The van der Waals surface area contributed by atoms with E-state index < -0.39 is 5.97 Å². The van der Waals surface area contributed by atoms with Gasteiger partial charge in [0.2, 0.25) is 0 Å². The number of hydrogen-bond acceptors (Lipinski definition) is 5. The van der Waals surface area contributed by atoms with Gasteiger partial charge in [-0.25, -0.2) is 14.5 Å². The minimum absolute atomic E-state index is 0.206. The summed E-state index contributed by atoms with van der Waals surface area (Å²) in [5.41, 5.74) is 6.13. The fourth-order valence-electron chi connectivity index (χ4n) is 2.02. The molecule has 94 valence electrons. The fourth-order valence-corrected chi connectivity index (χ4v) is 2.02. The number of carbonyl (C=O) groups excluding carboxylic acids is 1. The lowest BCUT2D eigenvalue weighted by molar-refractivity contribution is 0.0521. The predicted molar refractivity (Wildman–Crippen MR) is 64.4 cm³/mol. The van der Waals surface area contributed by atoms with Crippen molar-refractivity contribution in [3.8, 4) is 0 Å². The van der Waals surface area contributed by atoms with Gasteiger partial charge in [-0.2, -0.15) is 0 Å². The molecule has 2 rings (SSSR count). The van der Waals surface area contributed by atoms with Gasteiger partial charge in [0.05, 0.1) is 6.61 Å². The van der Waals surface area contributed by atoms with E-state index in [0.717, 1.165) is 25.9 Å². The summed E-state index contributed by atoms with van der Waals surface area (Å²) in [5, 5.41) is 2.11. The normalized spacial score (nSPS) is 15.9. The highest BCUT2D eigenvalue weighted by molar-refractivity contribution is 5.92. The Kier molecular flexibility index (Phi) is 3.51. The molecule has 0 saturated carbocycles. The molecule has 6 nitrogen and oxygen atoms in total. The van der Waals surface area contributed by atoms with Crippen LogP contribution in [0, 0.1) is 0 Å². The fraction of sp³-hybridized carbons (Fsp3) is 0.636. The van der Waals surface area contributed by atoms with Gasteiger partial charge < -0.3 is 15.5 Å². The highest BCUT2D eigenvalue weighted by Gasteiger charge is 2.20. The van der Waals surface area contributed by atoms with E-state index >= 15 is 0 Å². The molecule has 0 atom stereocenters. The van der Waals surface area contributed by atoms with Crippen molar-refractivity contribution in [1.82, 2.24) is 9.66 Å². The first kappa shape index (κ1) is 11.8. The van der Waals surface area contributed by atoms with Crippen molar-refractivity contribution in [2.45, 2.75) is 26.2 Å². The Morgan fingerprint density at radius 1 is 1.47 bits per heavy atom. The third kappa shape index (κ3) is 2.35. The average Bonchev–Trinajstić information content (AvgIpc) is 2.72. The molecule has 0 amide bonds. The number of nitrogens with two attached hydrogens (primary N) is 1. The number of anilines is 1. The lowest BCUT2D eigenvalue weighted by atomic mass is 10.2. The molecule has 1 aliphatic heterocycles. The maximum Gasteiger partial charge on any atom is 0.360 e. The number of rotatable bonds is 3. The SMILES string of the molecule is CCOC(=O)c1ncn(N2CCCCC2)c1N. The molecule has 2 N–H and O–H groups in total. The molecule has 1 fully saturated rings. The van der Waals surface area contributed by atoms with E-state index in [4.69, 9.17) is 10.5 Å². The zero-order valence-electron chi connectivity index (χ0n) is 10.1. The topological polar surface area (TPSA) is 73.4 Å². The van der Waals surface area contributed by atoms with Crippen molar-refractivity contribution in [1.29, 1.82) is 0 Å². The first-order valence-corrected chi connectivity index (χ1v) is 5.99. The zero-order valence-corrected chi connectivity index (χ0v) is 10.1. The van der Waals surface area contributed by atoms with Crippen LogP contribution in [0.2, 0.25) is 0 Å². The van der Waals surface area contributed by atoms with Crippen molar-refractivity contribution in [2.75, 3.05) is 30.4 Å². The Balaban J connectivity index is 2.16. The highest BCUT2D eigenvalue weighted by Crippen LogP contribution is 2.15. The summed E-state index contributed by atoms with van der Waals surface area (Å²) in [6, 6.07) is 0. The Morgan fingerprint density at radius 3 is 2.82 bits per heavy atom. The summed E-state index contributed by atoms with van der Waals surface area (Å²) in [4.78, 5) is 15.6. The van der Waals surface area contributed by atoms with Crippen molar-refractivity contribution < 1.29 is 9.53 Å². The third-order valence-electron chi connectivity index (χ3n) is 2.89. The zero-order chi connectivity index (χ0) is 12.3. The van der Waals surface area contributed by atoms with Gasteiger partial charge in [-0.05, 0) is 26.2 Å². The molecule has 1 aromatic rings. The maximum atomic E-state index is 11.6. The van der Waals surface area contributed by atoms with Gasteiger partial charge in [0.15, 0.2) is 11.5 Å². The molecule has 0 bridgehead atoms. The molecular weight excluding hydrogens is 220 g/mol. The Morgan fingerprint density at radius 2 is 2.18 bits per heavy atom. The first-order chi connectivity index (χ1) is 8.24. The number of hydrogen-bond donors (Lipinski definition) is 1. The van der Waals surface area contributed by atoms with E-state index in [9.17, 15) is 4.79 Å². The van der Waals surface area contributed by atoms with E-state index in [1.54, 1.807) is 17.9 Å². The molecule has 1 saturated heterocycles. The lowest BCUT2D eigenvalue weighted by Gasteiger charge is -2.29. The molecule has 6 heteroatoms. The number of piperidine rings is 1. The van der Waals surface area contributed by atoms with E-state index in [2.05, 4.69) is 9.99 Å². The van der Waals surface area contributed by atoms with Crippen LogP contribution >= 0.6 is 0 Å². The highest BCUT2D eigenvalue weighted by atomic mass is 16.5. The molecule has 0 aromatic carbocycles. The Hall–Kier alpha value is -1.72. The summed E-state index contributed by atoms with van der Waals surface area (Å²) < 4.78 is 6.65. The standard InChI is InChI=1S/C11H18N4O2/c1-2-17-11(16)9-10(12)15(8-13-9)14-6-4-3-5-7-14/h8H,2-7,12H2,1H3. The minimum atomic E-state index is -0.458. The number of carbonyl (C=O) groups is 1. The van der Waals surface area contributed by atoms with Crippen LogP contribution in [-0.2, 0) is 4.74 Å². The molecule has 17 heavy (non-hydrogen) atoms. The van der Waals surface area contributed by atoms with E-state index in [1.807, 2.05) is 0 Å². The van der Waals surface area contributed by atoms with E-state index in [1.165, 1.54) is 6.42 Å². The van der Waals surface area contributed by atoms with Gasteiger partial charge in [0.1, 0.15) is 6.33 Å². The smallest absolute Gasteiger partial charge is 0.360 e. The number of aromatic nitrogens is 2. The molecule has 0 radical (unpaired) electrons. The summed E-state index contributed by atoms with van der Waals surface area (Å²) >= 11 is 0. The first-order valence-electron chi connectivity index (χ1n) is 5.99. The number of nitrogens with zero attached hydrogens (tertiary/aromatic N) is 3. The Labute approximate surface area is 100 Å². The van der Waals surface area contributed by atoms with Crippen LogP contribution in [0.5, 0.6) is 0 Å². The van der Waals surface area contributed by atoms with Gasteiger partial charge in [-0.3, -0.25) is 0 Å². The summed E-state index contributed by atoms with van der Waals surface area (Å²) in [6.07, 6.45) is 5.13. The number of esters is 1. The van der Waals surface area contributed by atoms with Crippen LogP contribution in [0.1, 0.15) is 36.7 Å². The van der Waals surface area contributed by atoms with Gasteiger partial charge in [-0.1, -0.05) is 0 Å². The predicted octanol–water partition coefficient (Wildman–Crippen LogP) is 0.764. The maximum absolute atomic E-state index is 11.6. The molecule has 1 aliphatic rings. The minimum Gasteiger partial charge on any atom is -0.461 e. The molecule has 2 heterocycles. The lowest BCUT2D eigenvalue weighted by Crippen LogP contribution is -2.39. The number of ether oxygens (including phenoxy) is 1. The summed E-state index contributed by atoms with van der Waals surface area (Å²) in [5.74, 6) is -0.0916. The van der Waals surface area contributed by atoms with Gasteiger partial charge in [0.25, 0.3) is 0 Å².